The Bertz CT molecular complexity index is 554. The van der Waals surface area contributed by atoms with Crippen molar-refractivity contribution in [2.75, 3.05) is 5.88 Å². The van der Waals surface area contributed by atoms with E-state index in [0.717, 1.165) is 4.90 Å². The van der Waals surface area contributed by atoms with Gasteiger partial charge in [-0.25, -0.2) is 0 Å². The second-order valence-electron chi connectivity index (χ2n) is 4.27. The molecule has 2 aromatic rings. The van der Waals surface area contributed by atoms with Crippen LogP contribution >= 0.6 is 35.0 Å². The van der Waals surface area contributed by atoms with E-state index in [1.807, 2.05) is 30.3 Å². The number of ketones is 1. The standard InChI is InChI=1S/C16H14Cl2OS/c17-11-10-15(20-14-4-2-1-3-5-14)16(19)12-6-8-13(18)9-7-12/h1-9,15H,10-11H2. The van der Waals surface area contributed by atoms with Crippen LogP contribution in [-0.2, 0) is 0 Å². The molecule has 0 aliphatic rings. The second-order valence-corrected chi connectivity index (χ2v) is 6.36. The lowest BCUT2D eigenvalue weighted by Crippen LogP contribution is -2.18. The number of hydrogen-bond acceptors (Lipinski definition) is 2. The van der Waals surface area contributed by atoms with E-state index >= 15 is 0 Å². The van der Waals surface area contributed by atoms with Crippen LogP contribution in [0, 0.1) is 0 Å². The lowest BCUT2D eigenvalue weighted by atomic mass is 10.1. The van der Waals surface area contributed by atoms with E-state index in [2.05, 4.69) is 0 Å². The molecule has 4 heteroatoms. The summed E-state index contributed by atoms with van der Waals surface area (Å²) >= 11 is 13.2. The first-order valence-corrected chi connectivity index (χ1v) is 8.07. The molecule has 0 aliphatic carbocycles. The van der Waals surface area contributed by atoms with Gasteiger partial charge in [-0.15, -0.1) is 23.4 Å². The molecule has 104 valence electrons. The first-order valence-electron chi connectivity index (χ1n) is 6.28. The van der Waals surface area contributed by atoms with Gasteiger partial charge < -0.3 is 0 Å². The fourth-order valence-electron chi connectivity index (χ4n) is 1.81. The van der Waals surface area contributed by atoms with E-state index in [-0.39, 0.29) is 11.0 Å². The lowest BCUT2D eigenvalue weighted by molar-refractivity contribution is 0.0988. The molecule has 0 saturated carbocycles. The van der Waals surface area contributed by atoms with Gasteiger partial charge in [0.1, 0.15) is 0 Å². The largest absolute Gasteiger partial charge is 0.293 e. The number of carbonyl (C=O) groups excluding carboxylic acids is 1. The van der Waals surface area contributed by atoms with Crippen LogP contribution in [0.15, 0.2) is 59.5 Å². The van der Waals surface area contributed by atoms with E-state index in [1.165, 1.54) is 0 Å². The normalized spacial score (nSPS) is 12.1. The fourth-order valence-corrected chi connectivity index (χ4v) is 3.40. The molecule has 20 heavy (non-hydrogen) atoms. The van der Waals surface area contributed by atoms with Crippen molar-refractivity contribution in [3.8, 4) is 0 Å². The lowest BCUT2D eigenvalue weighted by Gasteiger charge is -2.14. The number of alkyl halides is 1. The number of thioether (sulfide) groups is 1. The molecule has 2 rings (SSSR count). The van der Waals surface area contributed by atoms with E-state index in [4.69, 9.17) is 23.2 Å². The average molecular weight is 325 g/mol. The van der Waals surface area contributed by atoms with Crippen molar-refractivity contribution in [1.29, 1.82) is 0 Å². The number of Topliss-reactive ketones (excluding diaryl/α,β-unsaturated/α-hetero) is 1. The summed E-state index contributed by atoms with van der Waals surface area (Å²) in [6, 6.07) is 16.9. The molecule has 0 aromatic heterocycles. The van der Waals surface area contributed by atoms with Gasteiger partial charge in [0.2, 0.25) is 0 Å². The van der Waals surface area contributed by atoms with Gasteiger partial charge in [-0.2, -0.15) is 0 Å². The Morgan fingerprint density at radius 3 is 2.30 bits per heavy atom. The van der Waals surface area contributed by atoms with Gasteiger partial charge in [-0.1, -0.05) is 29.8 Å². The van der Waals surface area contributed by atoms with Crippen LogP contribution in [0.1, 0.15) is 16.8 Å². The highest BCUT2D eigenvalue weighted by molar-refractivity contribution is 8.00. The minimum absolute atomic E-state index is 0.0937. The molecule has 0 radical (unpaired) electrons. The van der Waals surface area contributed by atoms with Crippen molar-refractivity contribution in [3.63, 3.8) is 0 Å². The highest BCUT2D eigenvalue weighted by Crippen LogP contribution is 2.28. The molecule has 0 fully saturated rings. The summed E-state index contributed by atoms with van der Waals surface area (Å²) in [4.78, 5) is 13.6. The van der Waals surface area contributed by atoms with E-state index in [1.54, 1.807) is 36.0 Å². The molecule has 0 saturated heterocycles. The molecule has 0 aliphatic heterocycles. The molecular weight excluding hydrogens is 311 g/mol. The maximum Gasteiger partial charge on any atom is 0.176 e. The molecule has 0 N–H and O–H groups in total. The van der Waals surface area contributed by atoms with Gasteiger partial charge in [-0.05, 0) is 42.8 Å². The van der Waals surface area contributed by atoms with Gasteiger partial charge >= 0.3 is 0 Å². The highest BCUT2D eigenvalue weighted by atomic mass is 35.5. The summed E-state index contributed by atoms with van der Waals surface area (Å²) in [6.45, 7) is 0. The molecule has 1 nitrogen and oxygen atoms in total. The summed E-state index contributed by atoms with van der Waals surface area (Å²) in [5, 5.41) is 0.460. The molecule has 0 spiro atoms. The van der Waals surface area contributed by atoms with E-state index in [0.29, 0.717) is 22.9 Å². The van der Waals surface area contributed by atoms with Crippen LogP contribution in [0.2, 0.25) is 5.02 Å². The van der Waals surface area contributed by atoms with Crippen molar-refractivity contribution >= 4 is 40.7 Å². The third kappa shape index (κ3) is 4.27. The molecule has 1 atom stereocenters. The minimum Gasteiger partial charge on any atom is -0.293 e. The van der Waals surface area contributed by atoms with Crippen LogP contribution in [0.25, 0.3) is 0 Å². The number of benzene rings is 2. The second kappa shape index (κ2) is 7.72. The summed E-state index contributed by atoms with van der Waals surface area (Å²) in [5.41, 5.74) is 0.674. The summed E-state index contributed by atoms with van der Waals surface area (Å²) in [7, 11) is 0. The van der Waals surface area contributed by atoms with Crippen molar-refractivity contribution in [3.05, 3.63) is 65.2 Å². The Labute approximate surface area is 133 Å². The van der Waals surface area contributed by atoms with Gasteiger partial charge in [0.05, 0.1) is 5.25 Å². The van der Waals surface area contributed by atoms with Crippen molar-refractivity contribution in [2.45, 2.75) is 16.6 Å². The number of halogens is 2. The molecule has 0 amide bonds. The van der Waals surface area contributed by atoms with Gasteiger partial charge in [-0.3, -0.25) is 4.79 Å². The van der Waals surface area contributed by atoms with Crippen LogP contribution in [0.3, 0.4) is 0 Å². The Morgan fingerprint density at radius 2 is 1.70 bits per heavy atom. The topological polar surface area (TPSA) is 17.1 Å². The van der Waals surface area contributed by atoms with Gasteiger partial charge in [0, 0.05) is 21.4 Å². The van der Waals surface area contributed by atoms with Crippen LogP contribution in [0.4, 0.5) is 0 Å². The molecule has 0 bridgehead atoms. The van der Waals surface area contributed by atoms with Gasteiger partial charge in [0.15, 0.2) is 5.78 Å². The number of hydrogen-bond donors (Lipinski definition) is 0. The molecule has 0 heterocycles. The monoisotopic (exact) mass is 324 g/mol. The minimum atomic E-state index is -0.170. The van der Waals surface area contributed by atoms with E-state index < -0.39 is 0 Å². The predicted molar refractivity (Wildman–Crippen MR) is 87.2 cm³/mol. The van der Waals surface area contributed by atoms with Gasteiger partial charge in [0.25, 0.3) is 0 Å². The third-order valence-corrected chi connectivity index (χ3v) is 4.56. The van der Waals surface area contributed by atoms with E-state index in [9.17, 15) is 4.79 Å². The zero-order valence-electron chi connectivity index (χ0n) is 10.8. The Morgan fingerprint density at radius 1 is 1.05 bits per heavy atom. The quantitative estimate of drug-likeness (QED) is 0.406. The summed E-state index contributed by atoms with van der Waals surface area (Å²) in [6.07, 6.45) is 0.641. The van der Waals surface area contributed by atoms with Crippen molar-refractivity contribution in [2.24, 2.45) is 0 Å². The van der Waals surface area contributed by atoms with Crippen LogP contribution in [0.5, 0.6) is 0 Å². The zero-order chi connectivity index (χ0) is 14.4. The maximum absolute atomic E-state index is 12.5. The third-order valence-electron chi connectivity index (χ3n) is 2.81. The Hall–Kier alpha value is -0.960. The number of carbonyl (C=O) groups is 1. The highest BCUT2D eigenvalue weighted by Gasteiger charge is 2.20. The van der Waals surface area contributed by atoms with Crippen LogP contribution < -0.4 is 0 Å². The molecular formula is C16H14Cl2OS. The molecule has 1 unspecified atom stereocenters. The fraction of sp³-hybridized carbons (Fsp3) is 0.188. The summed E-state index contributed by atoms with van der Waals surface area (Å²) in [5.74, 6) is 0.556. The van der Waals surface area contributed by atoms with Crippen molar-refractivity contribution in [1.82, 2.24) is 0 Å². The Balaban J connectivity index is 2.15. The predicted octanol–water partition coefficient (Wildman–Crippen LogP) is 5.31. The summed E-state index contributed by atoms with van der Waals surface area (Å²) < 4.78 is 0. The zero-order valence-corrected chi connectivity index (χ0v) is 13.1. The maximum atomic E-state index is 12.5. The first kappa shape index (κ1) is 15.4. The smallest absolute Gasteiger partial charge is 0.176 e. The SMILES string of the molecule is O=C(c1ccc(Cl)cc1)C(CCCl)Sc1ccccc1. The molecule has 2 aromatic carbocycles. The Kier molecular flexibility index (Phi) is 5.96. The average Bonchev–Trinajstić information content (AvgIpc) is 2.48. The number of rotatable bonds is 6. The first-order chi connectivity index (χ1) is 9.70. The van der Waals surface area contributed by atoms with Crippen LogP contribution in [-0.4, -0.2) is 16.9 Å². The van der Waals surface area contributed by atoms with Crippen molar-refractivity contribution < 1.29 is 4.79 Å².